The number of hydrogen-bond acceptors (Lipinski definition) is 5. The molecule has 0 N–H and O–H groups in total. The zero-order valence-electron chi connectivity index (χ0n) is 16.7. The monoisotopic (exact) mass is 410 g/mol. The largest absolute Gasteiger partial charge is 0.452 e. The number of carbonyl (C=O) groups excluding carboxylic acids is 2. The molecular weight excluding hydrogens is 392 g/mol. The van der Waals surface area contributed by atoms with Crippen molar-refractivity contribution in [2.75, 3.05) is 0 Å². The molecule has 0 bridgehead atoms. The summed E-state index contributed by atoms with van der Waals surface area (Å²) >= 11 is 0. The van der Waals surface area contributed by atoms with Gasteiger partial charge in [-0.05, 0) is 43.3 Å². The molecule has 6 nitrogen and oxygen atoms in total. The van der Waals surface area contributed by atoms with E-state index in [2.05, 4.69) is 22.5 Å². The van der Waals surface area contributed by atoms with Crippen molar-refractivity contribution in [2.24, 2.45) is 0 Å². The molecule has 0 aliphatic carbocycles. The second-order valence-electron chi connectivity index (χ2n) is 7.12. The molecule has 2 aromatic carbocycles. The number of Topliss-reactive ketones (excluding diaryl/α,β-unsaturated/α-hetero) is 1. The molecule has 6 heteroatoms. The number of fused-ring (bicyclic) bond motifs is 2. The van der Waals surface area contributed by atoms with Crippen LogP contribution < -0.4 is 9.47 Å². The Kier molecular flexibility index (Phi) is 4.59. The highest BCUT2D eigenvalue weighted by Gasteiger charge is 2.28. The number of esters is 1. The summed E-state index contributed by atoms with van der Waals surface area (Å²) < 4.78 is 13.4. The normalized spacial score (nSPS) is 14.0. The molecule has 1 aliphatic heterocycles. The lowest BCUT2D eigenvalue weighted by atomic mass is 10.1. The summed E-state index contributed by atoms with van der Waals surface area (Å²) in [4.78, 5) is 29.0. The van der Waals surface area contributed by atoms with Crippen molar-refractivity contribution in [2.45, 2.75) is 13.5 Å². The molecule has 31 heavy (non-hydrogen) atoms. The molecule has 0 amide bonds. The number of carbonyl (C=O) groups is 2. The molecule has 0 saturated carbocycles. The summed E-state index contributed by atoms with van der Waals surface area (Å²) in [5.74, 6) is 0.176. The van der Waals surface area contributed by atoms with Gasteiger partial charge in [0.1, 0.15) is 11.5 Å². The Morgan fingerprint density at radius 1 is 1.16 bits per heavy atom. The SMILES string of the molecule is CCn1cc(/C=C2\Oc3cc(OC(=O)c4cccnc4)ccc3C2=O)c2ccccc21. The molecule has 0 fully saturated rings. The molecule has 5 rings (SSSR count). The minimum atomic E-state index is -0.527. The average molecular weight is 410 g/mol. The highest BCUT2D eigenvalue weighted by atomic mass is 16.5. The number of para-hydroxylation sites is 1. The van der Waals surface area contributed by atoms with Crippen molar-refractivity contribution in [3.05, 3.63) is 95.6 Å². The second kappa shape index (κ2) is 7.57. The van der Waals surface area contributed by atoms with Crippen LogP contribution in [0.5, 0.6) is 11.5 Å². The Labute approximate surface area is 178 Å². The zero-order valence-corrected chi connectivity index (χ0v) is 16.7. The third-order valence-corrected chi connectivity index (χ3v) is 5.20. The van der Waals surface area contributed by atoms with Crippen molar-refractivity contribution in [3.63, 3.8) is 0 Å². The molecule has 0 saturated heterocycles. The summed E-state index contributed by atoms with van der Waals surface area (Å²) in [6.45, 7) is 2.90. The van der Waals surface area contributed by atoms with Crippen LogP contribution in [0.15, 0.2) is 78.9 Å². The first-order chi connectivity index (χ1) is 15.1. The van der Waals surface area contributed by atoms with Gasteiger partial charge in [0.05, 0.1) is 11.1 Å². The van der Waals surface area contributed by atoms with Crippen LogP contribution in [0, 0.1) is 0 Å². The summed E-state index contributed by atoms with van der Waals surface area (Å²) in [7, 11) is 0. The molecule has 0 radical (unpaired) electrons. The Morgan fingerprint density at radius 3 is 2.84 bits per heavy atom. The number of rotatable bonds is 4. The van der Waals surface area contributed by atoms with Crippen LogP contribution in [0.2, 0.25) is 0 Å². The van der Waals surface area contributed by atoms with E-state index in [1.807, 2.05) is 24.4 Å². The first kappa shape index (κ1) is 18.8. The van der Waals surface area contributed by atoms with Gasteiger partial charge in [-0.2, -0.15) is 0 Å². The van der Waals surface area contributed by atoms with E-state index < -0.39 is 5.97 Å². The first-order valence-electron chi connectivity index (χ1n) is 9.92. The maximum Gasteiger partial charge on any atom is 0.345 e. The van der Waals surface area contributed by atoms with Crippen LogP contribution in [-0.2, 0) is 6.54 Å². The van der Waals surface area contributed by atoms with Crippen LogP contribution in [-0.4, -0.2) is 21.3 Å². The van der Waals surface area contributed by atoms with E-state index in [4.69, 9.17) is 9.47 Å². The van der Waals surface area contributed by atoms with Crippen molar-refractivity contribution < 1.29 is 19.1 Å². The number of aromatic nitrogens is 2. The molecule has 2 aromatic heterocycles. The fourth-order valence-electron chi connectivity index (χ4n) is 3.67. The number of allylic oxidation sites excluding steroid dienone is 1. The fourth-order valence-corrected chi connectivity index (χ4v) is 3.67. The third kappa shape index (κ3) is 3.38. The lowest BCUT2D eigenvalue weighted by molar-refractivity contribution is 0.0734. The summed E-state index contributed by atoms with van der Waals surface area (Å²) in [5.41, 5.74) is 2.79. The number of ketones is 1. The van der Waals surface area contributed by atoms with Gasteiger partial charge in [-0.3, -0.25) is 9.78 Å². The zero-order chi connectivity index (χ0) is 21.4. The molecule has 3 heterocycles. The van der Waals surface area contributed by atoms with Crippen molar-refractivity contribution in [1.82, 2.24) is 9.55 Å². The van der Waals surface area contributed by atoms with E-state index in [1.165, 1.54) is 6.20 Å². The van der Waals surface area contributed by atoms with E-state index in [1.54, 1.807) is 42.6 Å². The fraction of sp³-hybridized carbons (Fsp3) is 0.0800. The van der Waals surface area contributed by atoms with Crippen LogP contribution in [0.1, 0.15) is 33.2 Å². The smallest absolute Gasteiger partial charge is 0.345 e. The van der Waals surface area contributed by atoms with Crippen molar-refractivity contribution in [1.29, 1.82) is 0 Å². The standard InChI is InChI=1S/C25H18N2O4/c1-2-27-15-17(19-7-3-4-8-21(19)27)12-23-24(28)20-10-9-18(13-22(20)31-23)30-25(29)16-6-5-11-26-14-16/h3-15H,2H2,1H3/b23-12-. The van der Waals surface area contributed by atoms with Crippen molar-refractivity contribution in [3.8, 4) is 11.5 Å². The summed E-state index contributed by atoms with van der Waals surface area (Å²) in [6.07, 6.45) is 6.79. The second-order valence-corrected chi connectivity index (χ2v) is 7.12. The number of aryl methyl sites for hydroxylation is 1. The molecule has 152 valence electrons. The molecule has 4 aromatic rings. The number of nitrogens with zero attached hydrogens (tertiary/aromatic N) is 2. The molecule has 1 aliphatic rings. The number of benzene rings is 2. The minimum Gasteiger partial charge on any atom is -0.452 e. The number of pyridine rings is 1. The van der Waals surface area contributed by atoms with Gasteiger partial charge >= 0.3 is 5.97 Å². The van der Waals surface area contributed by atoms with Gasteiger partial charge in [-0.25, -0.2) is 4.79 Å². The summed E-state index contributed by atoms with van der Waals surface area (Å²) in [5, 5.41) is 1.05. The maximum absolute atomic E-state index is 12.9. The lowest BCUT2D eigenvalue weighted by Crippen LogP contribution is -2.08. The van der Waals surface area contributed by atoms with Crippen molar-refractivity contribution >= 4 is 28.7 Å². The van der Waals surface area contributed by atoms with Crippen LogP contribution in [0.4, 0.5) is 0 Å². The van der Waals surface area contributed by atoms with Crippen LogP contribution in [0.25, 0.3) is 17.0 Å². The van der Waals surface area contributed by atoms with E-state index >= 15 is 0 Å². The topological polar surface area (TPSA) is 70.4 Å². The van der Waals surface area contributed by atoms with E-state index in [0.29, 0.717) is 22.6 Å². The Morgan fingerprint density at radius 2 is 2.03 bits per heavy atom. The minimum absolute atomic E-state index is 0.200. The van der Waals surface area contributed by atoms with Gasteiger partial charge in [0.25, 0.3) is 0 Å². The first-order valence-corrected chi connectivity index (χ1v) is 9.92. The van der Waals surface area contributed by atoms with Gasteiger partial charge < -0.3 is 14.0 Å². The van der Waals surface area contributed by atoms with Gasteiger partial charge in [0, 0.05) is 47.7 Å². The van der Waals surface area contributed by atoms with E-state index in [9.17, 15) is 9.59 Å². The maximum atomic E-state index is 12.9. The summed E-state index contributed by atoms with van der Waals surface area (Å²) in [6, 6.07) is 16.1. The predicted molar refractivity (Wildman–Crippen MR) is 116 cm³/mol. The molecular formula is C25H18N2O4. The Balaban J connectivity index is 1.43. The predicted octanol–water partition coefficient (Wildman–Crippen LogP) is 4.89. The van der Waals surface area contributed by atoms with Gasteiger partial charge in [-0.1, -0.05) is 18.2 Å². The van der Waals surface area contributed by atoms with Gasteiger partial charge in [0.15, 0.2) is 5.76 Å². The Bertz CT molecular complexity index is 1350. The molecule has 0 unspecified atom stereocenters. The van der Waals surface area contributed by atoms with Crippen LogP contribution >= 0.6 is 0 Å². The highest BCUT2D eigenvalue weighted by Crippen LogP contribution is 2.36. The van der Waals surface area contributed by atoms with E-state index in [-0.39, 0.29) is 11.5 Å². The lowest BCUT2D eigenvalue weighted by Gasteiger charge is -2.05. The molecule has 0 atom stereocenters. The van der Waals surface area contributed by atoms with Gasteiger partial charge in [-0.15, -0.1) is 0 Å². The third-order valence-electron chi connectivity index (χ3n) is 5.20. The number of hydrogen-bond donors (Lipinski definition) is 0. The van der Waals surface area contributed by atoms with Gasteiger partial charge in [0.2, 0.25) is 5.78 Å². The van der Waals surface area contributed by atoms with E-state index in [0.717, 1.165) is 23.0 Å². The Hall–Kier alpha value is -4.19. The molecule has 0 spiro atoms. The van der Waals surface area contributed by atoms with Crippen LogP contribution in [0.3, 0.4) is 0 Å². The quantitative estimate of drug-likeness (QED) is 0.272. The number of ether oxygens (including phenoxy) is 2. The average Bonchev–Trinajstić information content (AvgIpc) is 3.31. The highest BCUT2D eigenvalue weighted by molar-refractivity contribution is 6.15.